The number of nitrogens with one attached hydrogen (secondary N) is 1. The second-order valence-electron chi connectivity index (χ2n) is 4.38. The predicted molar refractivity (Wildman–Crippen MR) is 68.5 cm³/mol. The van der Waals surface area contributed by atoms with Gasteiger partial charge in [-0.25, -0.2) is 4.79 Å². The van der Waals surface area contributed by atoms with E-state index < -0.39 is 11.2 Å². The molecule has 1 heterocycles. The van der Waals surface area contributed by atoms with Crippen LogP contribution in [0, 0.1) is 0 Å². The summed E-state index contributed by atoms with van der Waals surface area (Å²) in [5.41, 5.74) is -1.02. The van der Waals surface area contributed by atoms with Crippen molar-refractivity contribution in [2.24, 2.45) is 0 Å². The van der Waals surface area contributed by atoms with Gasteiger partial charge >= 0.3 is 5.69 Å². The molecule has 6 nitrogen and oxygen atoms in total. The molecule has 18 heavy (non-hydrogen) atoms. The minimum atomic E-state index is -0.563. The van der Waals surface area contributed by atoms with Crippen LogP contribution in [0.3, 0.4) is 0 Å². The molecule has 0 aliphatic carbocycles. The van der Waals surface area contributed by atoms with E-state index in [1.165, 1.54) is 16.8 Å². The number of nitrogens with zero attached hydrogens (tertiary/aromatic N) is 2. The highest BCUT2D eigenvalue weighted by Crippen LogP contribution is 2.04. The molecule has 0 spiro atoms. The van der Waals surface area contributed by atoms with Gasteiger partial charge in [-0.05, 0) is 13.3 Å². The van der Waals surface area contributed by atoms with E-state index in [4.69, 9.17) is 0 Å². The van der Waals surface area contributed by atoms with Crippen molar-refractivity contribution >= 4 is 5.91 Å². The molecule has 0 aromatic carbocycles. The number of carbonyl (C=O) groups is 1. The van der Waals surface area contributed by atoms with E-state index in [9.17, 15) is 14.4 Å². The van der Waals surface area contributed by atoms with E-state index in [1.54, 1.807) is 11.9 Å². The minimum Gasteiger partial charge on any atom is -0.342 e. The molecule has 0 aliphatic rings. The Bertz CT molecular complexity index is 518. The molecule has 6 heteroatoms. The van der Waals surface area contributed by atoms with Crippen LogP contribution in [0.5, 0.6) is 0 Å². The third kappa shape index (κ3) is 3.58. The third-order valence-electron chi connectivity index (χ3n) is 2.96. The van der Waals surface area contributed by atoms with Crippen LogP contribution >= 0.6 is 0 Å². The number of carbonyl (C=O) groups excluding carboxylic acids is 1. The van der Waals surface area contributed by atoms with E-state index in [2.05, 4.69) is 11.9 Å². The van der Waals surface area contributed by atoms with Gasteiger partial charge in [0.1, 0.15) is 6.54 Å². The van der Waals surface area contributed by atoms with Crippen LogP contribution in [0.15, 0.2) is 21.9 Å². The van der Waals surface area contributed by atoms with Crippen LogP contribution in [-0.2, 0) is 11.3 Å². The summed E-state index contributed by atoms with van der Waals surface area (Å²) in [5.74, 6) is -0.148. The van der Waals surface area contributed by atoms with Crippen molar-refractivity contribution in [2.45, 2.75) is 39.3 Å². The summed E-state index contributed by atoms with van der Waals surface area (Å²) >= 11 is 0. The average Bonchev–Trinajstić information content (AvgIpc) is 2.32. The SMILES string of the molecule is CCCC(C)N(C)C(=O)Cn1ccc(=O)[nH]c1=O. The maximum Gasteiger partial charge on any atom is 0.328 e. The van der Waals surface area contributed by atoms with E-state index >= 15 is 0 Å². The zero-order valence-corrected chi connectivity index (χ0v) is 11.0. The summed E-state index contributed by atoms with van der Waals surface area (Å²) in [5, 5.41) is 0. The quantitative estimate of drug-likeness (QED) is 0.813. The van der Waals surface area contributed by atoms with E-state index in [1.807, 2.05) is 6.92 Å². The molecule has 0 aliphatic heterocycles. The molecule has 0 bridgehead atoms. The van der Waals surface area contributed by atoms with Gasteiger partial charge in [-0.3, -0.25) is 19.1 Å². The molecule has 1 atom stereocenters. The standard InChI is InChI=1S/C12H19N3O3/c1-4-5-9(2)14(3)11(17)8-15-7-6-10(16)13-12(15)18/h6-7,9H,4-5,8H2,1-3H3,(H,13,16,18). The molecular formula is C12H19N3O3. The fourth-order valence-corrected chi connectivity index (χ4v) is 1.68. The maximum absolute atomic E-state index is 11.9. The van der Waals surface area contributed by atoms with Gasteiger partial charge < -0.3 is 4.90 Å². The molecule has 1 unspecified atom stereocenters. The molecule has 1 N–H and O–H groups in total. The average molecular weight is 253 g/mol. The van der Waals surface area contributed by atoms with Crippen molar-refractivity contribution in [1.82, 2.24) is 14.5 Å². The molecule has 0 saturated carbocycles. The second kappa shape index (κ2) is 6.18. The number of aromatic nitrogens is 2. The summed E-state index contributed by atoms with van der Waals surface area (Å²) < 4.78 is 1.19. The lowest BCUT2D eigenvalue weighted by Gasteiger charge is -2.24. The molecule has 1 amide bonds. The highest BCUT2D eigenvalue weighted by molar-refractivity contribution is 5.75. The molecule has 0 radical (unpaired) electrons. The lowest BCUT2D eigenvalue weighted by Crippen LogP contribution is -2.40. The molecule has 100 valence electrons. The van der Waals surface area contributed by atoms with Gasteiger partial charge in [0.15, 0.2) is 0 Å². The van der Waals surface area contributed by atoms with Gasteiger partial charge in [-0.2, -0.15) is 0 Å². The van der Waals surface area contributed by atoms with Crippen LogP contribution in [0.4, 0.5) is 0 Å². The number of amides is 1. The van der Waals surface area contributed by atoms with Crippen molar-refractivity contribution in [1.29, 1.82) is 0 Å². The third-order valence-corrected chi connectivity index (χ3v) is 2.96. The van der Waals surface area contributed by atoms with Gasteiger partial charge in [-0.1, -0.05) is 13.3 Å². The summed E-state index contributed by atoms with van der Waals surface area (Å²) in [6, 6.07) is 1.37. The van der Waals surface area contributed by atoms with Gasteiger partial charge in [0.2, 0.25) is 5.91 Å². The monoisotopic (exact) mass is 253 g/mol. The van der Waals surface area contributed by atoms with Crippen LogP contribution in [0.25, 0.3) is 0 Å². The Kier molecular flexibility index (Phi) is 4.88. The first-order chi connectivity index (χ1) is 8.45. The Morgan fingerprint density at radius 1 is 1.50 bits per heavy atom. The zero-order valence-electron chi connectivity index (χ0n) is 11.0. The highest BCUT2D eigenvalue weighted by Gasteiger charge is 2.15. The smallest absolute Gasteiger partial charge is 0.328 e. The Hall–Kier alpha value is -1.85. The molecule has 1 aromatic heterocycles. The minimum absolute atomic E-state index is 0.0554. The van der Waals surface area contributed by atoms with Crippen molar-refractivity contribution in [3.8, 4) is 0 Å². The van der Waals surface area contributed by atoms with Crippen LogP contribution in [-0.4, -0.2) is 33.4 Å². The van der Waals surface area contributed by atoms with E-state index in [-0.39, 0.29) is 18.5 Å². The Labute approximate surface area is 105 Å². The summed E-state index contributed by atoms with van der Waals surface area (Å²) in [4.78, 5) is 38.0. The first-order valence-electron chi connectivity index (χ1n) is 6.01. The number of hydrogen-bond acceptors (Lipinski definition) is 3. The van der Waals surface area contributed by atoms with Crippen LogP contribution in [0.1, 0.15) is 26.7 Å². The van der Waals surface area contributed by atoms with E-state index in [0.29, 0.717) is 0 Å². The predicted octanol–water partition coefficient (Wildman–Crippen LogP) is 0.184. The number of likely N-dealkylation sites (N-methyl/N-ethyl adjacent to an activating group) is 1. The van der Waals surface area contributed by atoms with Crippen molar-refractivity contribution in [2.75, 3.05) is 7.05 Å². The normalized spacial score (nSPS) is 12.2. The number of H-pyrrole nitrogens is 1. The summed E-state index contributed by atoms with van der Waals surface area (Å²) in [6.45, 7) is 3.97. The number of rotatable bonds is 5. The topological polar surface area (TPSA) is 75.2 Å². The van der Waals surface area contributed by atoms with Crippen molar-refractivity contribution in [3.63, 3.8) is 0 Å². The Balaban J connectivity index is 2.75. The van der Waals surface area contributed by atoms with Gasteiger partial charge in [0.25, 0.3) is 5.56 Å². The zero-order chi connectivity index (χ0) is 13.7. The Morgan fingerprint density at radius 2 is 2.17 bits per heavy atom. The summed E-state index contributed by atoms with van der Waals surface area (Å²) in [6.07, 6.45) is 3.25. The molecular weight excluding hydrogens is 234 g/mol. The van der Waals surface area contributed by atoms with Gasteiger partial charge in [0, 0.05) is 25.4 Å². The lowest BCUT2D eigenvalue weighted by atomic mass is 10.2. The second-order valence-corrected chi connectivity index (χ2v) is 4.38. The summed E-state index contributed by atoms with van der Waals surface area (Å²) in [7, 11) is 1.72. The van der Waals surface area contributed by atoms with Gasteiger partial charge in [-0.15, -0.1) is 0 Å². The molecule has 1 aromatic rings. The fraction of sp³-hybridized carbons (Fsp3) is 0.583. The molecule has 1 rings (SSSR count). The van der Waals surface area contributed by atoms with Crippen LogP contribution in [0.2, 0.25) is 0 Å². The van der Waals surface area contributed by atoms with Crippen molar-refractivity contribution < 1.29 is 4.79 Å². The van der Waals surface area contributed by atoms with Crippen molar-refractivity contribution in [3.05, 3.63) is 33.1 Å². The van der Waals surface area contributed by atoms with Gasteiger partial charge in [0.05, 0.1) is 0 Å². The van der Waals surface area contributed by atoms with Crippen LogP contribution < -0.4 is 11.2 Å². The highest BCUT2D eigenvalue weighted by atomic mass is 16.2. The fourth-order valence-electron chi connectivity index (χ4n) is 1.68. The maximum atomic E-state index is 11.9. The van der Waals surface area contributed by atoms with E-state index in [0.717, 1.165) is 12.8 Å². The number of hydrogen-bond donors (Lipinski definition) is 1. The first kappa shape index (κ1) is 14.2. The molecule has 0 fully saturated rings. The molecule has 0 saturated heterocycles. The lowest BCUT2D eigenvalue weighted by molar-refractivity contribution is -0.132. The largest absolute Gasteiger partial charge is 0.342 e. The first-order valence-corrected chi connectivity index (χ1v) is 6.01. The Morgan fingerprint density at radius 3 is 2.72 bits per heavy atom. The number of aromatic amines is 1.